The van der Waals surface area contributed by atoms with Crippen molar-refractivity contribution in [1.82, 2.24) is 4.98 Å². The molecule has 2 heterocycles. The maximum absolute atomic E-state index is 13.0. The van der Waals surface area contributed by atoms with Gasteiger partial charge in [-0.3, -0.25) is 4.79 Å². The van der Waals surface area contributed by atoms with Crippen molar-refractivity contribution >= 4 is 30.0 Å². The Balaban J connectivity index is 0.000000846. The van der Waals surface area contributed by atoms with E-state index >= 15 is 0 Å². The Hall–Kier alpha value is -2.42. The number of nitrogens with one attached hydrogen (secondary N) is 1. The molecule has 9 heteroatoms. The first kappa shape index (κ1) is 24.7. The van der Waals surface area contributed by atoms with Crippen LogP contribution in [0, 0.1) is 5.41 Å². The summed E-state index contributed by atoms with van der Waals surface area (Å²) in [6, 6.07) is 9.99. The molecule has 1 aliphatic heterocycles. The Morgan fingerprint density at radius 2 is 1.79 bits per heavy atom. The predicted octanol–water partition coefficient (Wildman–Crippen LogP) is 6.50. The standard InChI is InChI=1S/C22H24F3N3O2S.C3H6/c23-22(24,25)10-13-30-19-3-1-2-18(26-19)27-20(29)16-5-4-15(31)14-17(16)28-11-8-21(6-7-21)9-12-28;1-2-3-1/h1-5,14,31H,6-13H2,(H,26,27,29);1-3H2. The Labute approximate surface area is 203 Å². The Morgan fingerprint density at radius 3 is 2.41 bits per heavy atom. The van der Waals surface area contributed by atoms with E-state index in [-0.39, 0.29) is 17.6 Å². The van der Waals surface area contributed by atoms with Crippen LogP contribution in [-0.4, -0.2) is 36.8 Å². The second kappa shape index (κ2) is 10.5. The van der Waals surface area contributed by atoms with Gasteiger partial charge in [0.05, 0.1) is 24.3 Å². The molecule has 1 N–H and O–H groups in total. The lowest BCUT2D eigenvalue weighted by Gasteiger charge is -2.35. The fourth-order valence-electron chi connectivity index (χ4n) is 3.89. The number of carbonyl (C=O) groups excluding carboxylic acids is 1. The van der Waals surface area contributed by atoms with E-state index in [1.807, 2.05) is 6.07 Å². The third-order valence-electron chi connectivity index (χ3n) is 6.30. The number of thiol groups is 1. The van der Waals surface area contributed by atoms with Crippen LogP contribution in [0.25, 0.3) is 0 Å². The summed E-state index contributed by atoms with van der Waals surface area (Å²) < 4.78 is 42.0. The summed E-state index contributed by atoms with van der Waals surface area (Å²) in [6.45, 7) is 1.27. The van der Waals surface area contributed by atoms with E-state index in [1.165, 1.54) is 38.2 Å². The zero-order valence-corrected chi connectivity index (χ0v) is 19.9. The molecule has 0 unspecified atom stereocenters. The minimum absolute atomic E-state index is 0.0266. The van der Waals surface area contributed by atoms with Gasteiger partial charge in [-0.05, 0) is 55.4 Å². The summed E-state index contributed by atoms with van der Waals surface area (Å²) >= 11 is 4.43. The first-order valence-electron chi connectivity index (χ1n) is 11.8. The van der Waals surface area contributed by atoms with Gasteiger partial charge in [-0.15, -0.1) is 12.6 Å². The molecule has 3 fully saturated rings. The third kappa shape index (κ3) is 7.29. The molecule has 1 aromatic carbocycles. The van der Waals surface area contributed by atoms with Gasteiger partial charge in [0, 0.05) is 24.1 Å². The van der Waals surface area contributed by atoms with Crippen LogP contribution in [0.2, 0.25) is 0 Å². The highest BCUT2D eigenvalue weighted by Gasteiger charge is 2.44. The van der Waals surface area contributed by atoms with Crippen LogP contribution in [-0.2, 0) is 0 Å². The largest absolute Gasteiger partial charge is 0.477 e. The van der Waals surface area contributed by atoms with Crippen LogP contribution in [0.1, 0.15) is 61.7 Å². The number of carbonyl (C=O) groups is 1. The maximum atomic E-state index is 13.0. The number of nitrogens with zero attached hydrogens (tertiary/aromatic N) is 2. The molecule has 0 bridgehead atoms. The summed E-state index contributed by atoms with van der Waals surface area (Å²) in [5, 5.41) is 2.73. The number of pyridine rings is 1. The van der Waals surface area contributed by atoms with Gasteiger partial charge in [-0.2, -0.15) is 18.2 Å². The number of benzene rings is 1. The highest BCUT2D eigenvalue weighted by Crippen LogP contribution is 2.54. The number of piperidine rings is 1. The molecule has 5 nitrogen and oxygen atoms in total. The third-order valence-corrected chi connectivity index (χ3v) is 6.58. The van der Waals surface area contributed by atoms with Gasteiger partial charge in [0.25, 0.3) is 5.91 Å². The minimum atomic E-state index is -4.30. The van der Waals surface area contributed by atoms with E-state index in [0.717, 1.165) is 36.5 Å². The lowest BCUT2D eigenvalue weighted by Crippen LogP contribution is -2.35. The van der Waals surface area contributed by atoms with Gasteiger partial charge in [-0.25, -0.2) is 0 Å². The average Bonchev–Trinajstić information content (AvgIpc) is 3.70. The molecular weight excluding hydrogens is 463 g/mol. The number of hydrogen-bond acceptors (Lipinski definition) is 5. The van der Waals surface area contributed by atoms with Crippen LogP contribution in [0.3, 0.4) is 0 Å². The molecule has 1 amide bonds. The van der Waals surface area contributed by atoms with E-state index in [9.17, 15) is 18.0 Å². The number of alkyl halides is 3. The lowest BCUT2D eigenvalue weighted by molar-refractivity contribution is -0.139. The highest BCUT2D eigenvalue weighted by atomic mass is 32.1. The molecule has 0 radical (unpaired) electrons. The molecule has 1 saturated heterocycles. The lowest BCUT2D eigenvalue weighted by atomic mass is 9.93. The quantitative estimate of drug-likeness (QED) is 0.451. The highest BCUT2D eigenvalue weighted by molar-refractivity contribution is 7.80. The van der Waals surface area contributed by atoms with Crippen LogP contribution >= 0.6 is 12.6 Å². The minimum Gasteiger partial charge on any atom is -0.477 e. The summed E-state index contributed by atoms with van der Waals surface area (Å²) in [5.74, 6) is -0.0975. The Morgan fingerprint density at radius 1 is 1.09 bits per heavy atom. The molecule has 2 aromatic rings. The molecule has 3 aliphatic rings. The first-order valence-corrected chi connectivity index (χ1v) is 12.2. The summed E-state index contributed by atoms with van der Waals surface area (Å²) in [7, 11) is 0. The predicted molar refractivity (Wildman–Crippen MR) is 129 cm³/mol. The van der Waals surface area contributed by atoms with E-state index < -0.39 is 19.2 Å². The Kier molecular flexibility index (Phi) is 7.60. The number of ether oxygens (including phenoxy) is 1. The normalized spacial score (nSPS) is 18.1. The molecule has 34 heavy (non-hydrogen) atoms. The van der Waals surface area contributed by atoms with Crippen molar-refractivity contribution in [2.75, 3.05) is 29.9 Å². The SMILES string of the molecule is C1CC1.O=C(Nc1cccc(OCCC(F)(F)F)n1)c1ccc(S)cc1N1CCC2(CC1)CC2. The van der Waals surface area contributed by atoms with Crippen LogP contribution in [0.4, 0.5) is 24.7 Å². The van der Waals surface area contributed by atoms with Crippen molar-refractivity contribution in [3.63, 3.8) is 0 Å². The van der Waals surface area contributed by atoms with Crippen molar-refractivity contribution in [3.8, 4) is 5.88 Å². The Bertz CT molecular complexity index is 996. The fourth-order valence-corrected chi connectivity index (χ4v) is 4.09. The molecule has 1 spiro atoms. The smallest absolute Gasteiger partial charge is 0.392 e. The van der Waals surface area contributed by atoms with Gasteiger partial charge < -0.3 is 15.0 Å². The van der Waals surface area contributed by atoms with Gasteiger partial charge >= 0.3 is 6.18 Å². The zero-order valence-electron chi connectivity index (χ0n) is 19.0. The summed E-state index contributed by atoms with van der Waals surface area (Å²) in [6.07, 6.45) is 3.99. The number of amides is 1. The van der Waals surface area contributed by atoms with Crippen molar-refractivity contribution in [2.45, 2.75) is 62.4 Å². The second-order valence-electron chi connectivity index (χ2n) is 9.28. The van der Waals surface area contributed by atoms with Crippen LogP contribution < -0.4 is 15.0 Å². The van der Waals surface area contributed by atoms with E-state index in [0.29, 0.717) is 11.0 Å². The number of halogens is 3. The summed E-state index contributed by atoms with van der Waals surface area (Å²) in [5.41, 5.74) is 1.86. The number of anilines is 2. The van der Waals surface area contributed by atoms with Crippen molar-refractivity contribution in [1.29, 1.82) is 0 Å². The van der Waals surface area contributed by atoms with Gasteiger partial charge in [-0.1, -0.05) is 25.3 Å². The van der Waals surface area contributed by atoms with E-state index in [4.69, 9.17) is 4.74 Å². The first-order chi connectivity index (χ1) is 16.2. The van der Waals surface area contributed by atoms with Crippen LogP contribution in [0.5, 0.6) is 5.88 Å². The van der Waals surface area contributed by atoms with Gasteiger partial charge in [0.1, 0.15) is 5.82 Å². The van der Waals surface area contributed by atoms with Crippen molar-refractivity contribution in [2.24, 2.45) is 5.41 Å². The monoisotopic (exact) mass is 493 g/mol. The van der Waals surface area contributed by atoms with Crippen molar-refractivity contribution in [3.05, 3.63) is 42.0 Å². The molecular formula is C25H30F3N3O2S. The second-order valence-corrected chi connectivity index (χ2v) is 9.79. The van der Waals surface area contributed by atoms with E-state index in [2.05, 4.69) is 27.8 Å². The number of rotatable bonds is 6. The molecule has 2 aliphatic carbocycles. The number of aromatic nitrogens is 1. The van der Waals surface area contributed by atoms with Crippen molar-refractivity contribution < 1.29 is 22.7 Å². The average molecular weight is 494 g/mol. The summed E-state index contributed by atoms with van der Waals surface area (Å²) in [4.78, 5) is 20.1. The fraction of sp³-hybridized carbons (Fsp3) is 0.520. The zero-order chi connectivity index (χ0) is 24.2. The van der Waals surface area contributed by atoms with E-state index in [1.54, 1.807) is 24.3 Å². The molecule has 1 aromatic heterocycles. The van der Waals surface area contributed by atoms with Crippen LogP contribution in [0.15, 0.2) is 41.3 Å². The molecule has 2 saturated carbocycles. The topological polar surface area (TPSA) is 54.5 Å². The van der Waals surface area contributed by atoms with Gasteiger partial charge in [0.2, 0.25) is 5.88 Å². The van der Waals surface area contributed by atoms with Gasteiger partial charge in [0.15, 0.2) is 0 Å². The molecule has 0 atom stereocenters. The maximum Gasteiger partial charge on any atom is 0.392 e. The molecule has 184 valence electrons. The number of hydrogen-bond donors (Lipinski definition) is 2. The molecule has 5 rings (SSSR count).